The predicted octanol–water partition coefficient (Wildman–Crippen LogP) is 2.41. The van der Waals surface area contributed by atoms with Crippen LogP contribution in [0.3, 0.4) is 0 Å². The molecule has 1 amide bonds. The van der Waals surface area contributed by atoms with E-state index >= 15 is 0 Å². The second kappa shape index (κ2) is 8.64. The fourth-order valence-corrected chi connectivity index (χ4v) is 5.19. The number of aromatic nitrogens is 2. The highest BCUT2D eigenvalue weighted by Crippen LogP contribution is 2.22. The molecule has 2 aromatic heterocycles. The van der Waals surface area contributed by atoms with Crippen LogP contribution in [0.4, 0.5) is 10.2 Å². The summed E-state index contributed by atoms with van der Waals surface area (Å²) in [6, 6.07) is 8.67. The summed E-state index contributed by atoms with van der Waals surface area (Å²) in [6.45, 7) is 1.46. The standard InChI is InChI=1S/C19H19FN4O4S2/c20-17-4-3-15(30(26,27)23-7-9-28-10-8-23)12-16(17)19(25)22-18-5-6-21-24(18)13-14-2-1-11-29-14/h1-6,11-12H,7-10,13H2,(H,22,25). The number of hydrogen-bond acceptors (Lipinski definition) is 6. The highest BCUT2D eigenvalue weighted by molar-refractivity contribution is 7.89. The van der Waals surface area contributed by atoms with Crippen molar-refractivity contribution in [3.8, 4) is 0 Å². The van der Waals surface area contributed by atoms with Crippen LogP contribution >= 0.6 is 11.3 Å². The monoisotopic (exact) mass is 450 g/mol. The molecule has 0 radical (unpaired) electrons. The molecule has 1 N–H and O–H groups in total. The fourth-order valence-electron chi connectivity index (χ4n) is 3.07. The SMILES string of the molecule is O=C(Nc1ccnn1Cc1cccs1)c1cc(S(=O)(=O)N2CCOCC2)ccc1F. The maximum absolute atomic E-state index is 14.4. The molecule has 1 aliphatic heterocycles. The van der Waals surface area contributed by atoms with Gasteiger partial charge in [0.15, 0.2) is 0 Å². The molecule has 0 spiro atoms. The van der Waals surface area contributed by atoms with Crippen molar-refractivity contribution < 1.29 is 22.3 Å². The Balaban J connectivity index is 1.56. The molecule has 11 heteroatoms. The van der Waals surface area contributed by atoms with Crippen molar-refractivity contribution in [1.82, 2.24) is 14.1 Å². The number of nitrogens with one attached hydrogen (secondary N) is 1. The van der Waals surface area contributed by atoms with Crippen molar-refractivity contribution in [3.05, 3.63) is 64.2 Å². The molecular weight excluding hydrogens is 431 g/mol. The van der Waals surface area contributed by atoms with Gasteiger partial charge >= 0.3 is 0 Å². The number of anilines is 1. The van der Waals surface area contributed by atoms with E-state index in [1.165, 1.54) is 10.5 Å². The van der Waals surface area contributed by atoms with Gasteiger partial charge in [-0.15, -0.1) is 11.3 Å². The van der Waals surface area contributed by atoms with E-state index in [2.05, 4.69) is 10.4 Å². The van der Waals surface area contributed by atoms with Crippen LogP contribution in [0, 0.1) is 5.82 Å². The van der Waals surface area contributed by atoms with Gasteiger partial charge in [0.2, 0.25) is 10.0 Å². The summed E-state index contributed by atoms with van der Waals surface area (Å²) in [6.07, 6.45) is 1.53. The molecule has 0 unspecified atom stereocenters. The maximum Gasteiger partial charge on any atom is 0.259 e. The Kier molecular flexibility index (Phi) is 5.95. The molecule has 158 valence electrons. The maximum atomic E-state index is 14.4. The van der Waals surface area contributed by atoms with Gasteiger partial charge < -0.3 is 10.1 Å². The minimum absolute atomic E-state index is 0.136. The average Bonchev–Trinajstić information content (AvgIpc) is 3.41. The minimum Gasteiger partial charge on any atom is -0.379 e. The van der Waals surface area contributed by atoms with E-state index < -0.39 is 21.7 Å². The lowest BCUT2D eigenvalue weighted by molar-refractivity contribution is 0.0730. The number of hydrogen-bond donors (Lipinski definition) is 1. The van der Waals surface area contributed by atoms with E-state index in [-0.39, 0.29) is 23.5 Å². The number of carbonyl (C=O) groups is 1. The van der Waals surface area contributed by atoms with Crippen molar-refractivity contribution in [2.24, 2.45) is 0 Å². The number of nitrogens with zero attached hydrogens (tertiary/aromatic N) is 3. The van der Waals surface area contributed by atoms with Crippen LogP contribution < -0.4 is 5.32 Å². The first-order chi connectivity index (χ1) is 14.4. The summed E-state index contributed by atoms with van der Waals surface area (Å²) in [5, 5.41) is 8.73. The summed E-state index contributed by atoms with van der Waals surface area (Å²) in [7, 11) is -3.85. The Morgan fingerprint density at radius 1 is 1.23 bits per heavy atom. The van der Waals surface area contributed by atoms with Gasteiger partial charge in [0.25, 0.3) is 5.91 Å². The van der Waals surface area contributed by atoms with Crippen LogP contribution in [0.1, 0.15) is 15.2 Å². The van der Waals surface area contributed by atoms with Crippen LogP contribution in [0.25, 0.3) is 0 Å². The molecule has 0 atom stereocenters. The molecular formula is C19H19FN4O4S2. The van der Waals surface area contributed by atoms with E-state index in [1.807, 2.05) is 17.5 Å². The lowest BCUT2D eigenvalue weighted by Gasteiger charge is -2.26. The van der Waals surface area contributed by atoms with Gasteiger partial charge in [0.1, 0.15) is 11.6 Å². The largest absolute Gasteiger partial charge is 0.379 e. The molecule has 3 heterocycles. The number of halogens is 1. The van der Waals surface area contributed by atoms with Crippen molar-refractivity contribution in [2.75, 3.05) is 31.6 Å². The number of rotatable bonds is 6. The van der Waals surface area contributed by atoms with E-state index in [0.29, 0.717) is 25.6 Å². The van der Waals surface area contributed by atoms with Gasteiger partial charge in [-0.25, -0.2) is 17.5 Å². The average molecular weight is 451 g/mol. The molecule has 1 saturated heterocycles. The molecule has 0 aliphatic carbocycles. The van der Waals surface area contributed by atoms with Gasteiger partial charge in [0.05, 0.1) is 36.4 Å². The topological polar surface area (TPSA) is 93.5 Å². The van der Waals surface area contributed by atoms with Gasteiger partial charge in [-0.2, -0.15) is 9.40 Å². The third-order valence-corrected chi connectivity index (χ3v) is 7.39. The van der Waals surface area contributed by atoms with E-state index in [1.54, 1.807) is 22.1 Å². The molecule has 1 fully saturated rings. The number of sulfonamides is 1. The molecule has 1 aliphatic rings. The van der Waals surface area contributed by atoms with Crippen molar-refractivity contribution in [3.63, 3.8) is 0 Å². The molecule has 0 bridgehead atoms. The van der Waals surface area contributed by atoms with Crippen LogP contribution in [0.5, 0.6) is 0 Å². The van der Waals surface area contributed by atoms with Crippen LogP contribution in [0.15, 0.2) is 52.9 Å². The zero-order valence-electron chi connectivity index (χ0n) is 15.8. The summed E-state index contributed by atoms with van der Waals surface area (Å²) >= 11 is 1.55. The second-order valence-corrected chi connectivity index (χ2v) is 9.54. The Morgan fingerprint density at radius 3 is 2.77 bits per heavy atom. The number of morpholine rings is 1. The van der Waals surface area contributed by atoms with Crippen LogP contribution in [-0.2, 0) is 21.3 Å². The minimum atomic E-state index is -3.85. The first-order valence-electron chi connectivity index (χ1n) is 9.18. The lowest BCUT2D eigenvalue weighted by Crippen LogP contribution is -2.40. The smallest absolute Gasteiger partial charge is 0.259 e. The summed E-state index contributed by atoms with van der Waals surface area (Å²) in [5.74, 6) is -1.17. The summed E-state index contributed by atoms with van der Waals surface area (Å²) in [4.78, 5) is 13.6. The zero-order chi connectivity index (χ0) is 21.1. The highest BCUT2D eigenvalue weighted by atomic mass is 32.2. The van der Waals surface area contributed by atoms with E-state index in [9.17, 15) is 17.6 Å². The van der Waals surface area contributed by atoms with Crippen molar-refractivity contribution in [2.45, 2.75) is 11.4 Å². The number of thiophene rings is 1. The fraction of sp³-hybridized carbons (Fsp3) is 0.263. The van der Waals surface area contributed by atoms with E-state index in [0.717, 1.165) is 23.1 Å². The lowest BCUT2D eigenvalue weighted by atomic mass is 10.2. The Labute approximate surface area is 176 Å². The number of carbonyl (C=O) groups excluding carboxylic acids is 1. The summed E-state index contributed by atoms with van der Waals surface area (Å²) in [5.41, 5.74) is -0.354. The number of ether oxygens (including phenoxy) is 1. The zero-order valence-corrected chi connectivity index (χ0v) is 17.5. The third-order valence-electron chi connectivity index (χ3n) is 4.63. The Bertz CT molecular complexity index is 1140. The molecule has 30 heavy (non-hydrogen) atoms. The quantitative estimate of drug-likeness (QED) is 0.623. The molecule has 0 saturated carbocycles. The molecule has 4 rings (SSSR count). The van der Waals surface area contributed by atoms with Gasteiger partial charge in [-0.3, -0.25) is 4.79 Å². The first kappa shape index (κ1) is 20.7. The number of amides is 1. The van der Waals surface area contributed by atoms with Gasteiger partial charge in [-0.05, 0) is 29.6 Å². The van der Waals surface area contributed by atoms with Crippen molar-refractivity contribution >= 4 is 33.1 Å². The predicted molar refractivity (Wildman–Crippen MR) is 110 cm³/mol. The third kappa shape index (κ3) is 4.29. The van der Waals surface area contributed by atoms with E-state index in [4.69, 9.17) is 4.74 Å². The second-order valence-electron chi connectivity index (χ2n) is 6.57. The number of benzene rings is 1. The normalized spacial score (nSPS) is 15.2. The van der Waals surface area contributed by atoms with Crippen LogP contribution in [0.2, 0.25) is 0 Å². The summed E-state index contributed by atoms with van der Waals surface area (Å²) < 4.78 is 48.1. The highest BCUT2D eigenvalue weighted by Gasteiger charge is 2.28. The van der Waals surface area contributed by atoms with Gasteiger partial charge in [-0.1, -0.05) is 6.07 Å². The Hall–Kier alpha value is -2.60. The molecule has 1 aromatic carbocycles. The van der Waals surface area contributed by atoms with Crippen LogP contribution in [-0.4, -0.2) is 54.7 Å². The first-order valence-corrected chi connectivity index (χ1v) is 11.5. The molecule has 3 aromatic rings. The molecule has 8 nitrogen and oxygen atoms in total. The Morgan fingerprint density at radius 2 is 2.03 bits per heavy atom. The van der Waals surface area contributed by atoms with Crippen molar-refractivity contribution in [1.29, 1.82) is 0 Å². The van der Waals surface area contributed by atoms with Gasteiger partial charge in [0, 0.05) is 24.0 Å².